The number of benzene rings is 1. The van der Waals surface area contributed by atoms with Crippen LogP contribution >= 0.6 is 0 Å². The van der Waals surface area contributed by atoms with Gasteiger partial charge in [-0.2, -0.15) is 0 Å². The molecule has 0 atom stereocenters. The molecule has 0 heterocycles. The van der Waals surface area contributed by atoms with Crippen LogP contribution in [-0.4, -0.2) is 37.5 Å². The van der Waals surface area contributed by atoms with Crippen molar-refractivity contribution in [2.75, 3.05) is 19.8 Å². The van der Waals surface area contributed by atoms with Gasteiger partial charge >= 0.3 is 11.9 Å². The molecule has 0 fully saturated rings. The van der Waals surface area contributed by atoms with Gasteiger partial charge in [0.2, 0.25) is 0 Å². The van der Waals surface area contributed by atoms with Gasteiger partial charge in [0, 0.05) is 11.1 Å². The van der Waals surface area contributed by atoms with E-state index < -0.39 is 11.9 Å². The molecule has 0 N–H and O–H groups in total. The molecule has 0 amide bonds. The number of allylic oxidation sites excluding steroid dienone is 1. The minimum absolute atomic E-state index is 0.0997. The van der Waals surface area contributed by atoms with Gasteiger partial charge in [-0.3, -0.25) is 4.79 Å². The highest BCUT2D eigenvalue weighted by molar-refractivity contribution is 6.19. The van der Waals surface area contributed by atoms with E-state index in [4.69, 9.17) is 14.2 Å². The third kappa shape index (κ3) is 12.6. The second kappa shape index (κ2) is 20.1. The van der Waals surface area contributed by atoms with E-state index >= 15 is 0 Å². The molecule has 0 radical (unpaired) electrons. The number of hydrogen-bond acceptors (Lipinski definition) is 6. The maximum Gasteiger partial charge on any atom is 0.349 e. The minimum atomic E-state index is -0.753. The molecule has 212 valence electrons. The number of hydrogen-bond donors (Lipinski definition) is 0. The summed E-state index contributed by atoms with van der Waals surface area (Å²) in [5, 5.41) is 0. The summed E-state index contributed by atoms with van der Waals surface area (Å²) in [4.78, 5) is 38.6. The standard InChI is InChI=1S/C32H48O6/c1-6-9-11-13-15-17-23-37-31(34)28(32(35)38-24-18-16-14-12-10-7-2)30(36-8-3)27-21-19-26(20-22-27)29(33)25(4)5/h19-22H,4,6-18,23-24H2,1-3,5H3. The minimum Gasteiger partial charge on any atom is -0.492 e. The van der Waals surface area contributed by atoms with Crippen molar-refractivity contribution < 1.29 is 28.6 Å². The number of carbonyl (C=O) groups is 3. The highest BCUT2D eigenvalue weighted by atomic mass is 16.6. The van der Waals surface area contributed by atoms with Crippen LogP contribution in [0.25, 0.3) is 5.76 Å². The van der Waals surface area contributed by atoms with Crippen LogP contribution in [0.5, 0.6) is 0 Å². The lowest BCUT2D eigenvalue weighted by molar-refractivity contribution is -0.147. The number of rotatable bonds is 21. The third-order valence-electron chi connectivity index (χ3n) is 6.18. The van der Waals surface area contributed by atoms with E-state index in [9.17, 15) is 14.4 Å². The molecule has 38 heavy (non-hydrogen) atoms. The Hall–Kier alpha value is -2.89. The first kappa shape index (κ1) is 33.1. The Bertz CT molecular complexity index is 865. The maximum absolute atomic E-state index is 13.2. The van der Waals surface area contributed by atoms with Crippen molar-refractivity contribution in [2.24, 2.45) is 0 Å². The smallest absolute Gasteiger partial charge is 0.349 e. The zero-order chi connectivity index (χ0) is 28.2. The van der Waals surface area contributed by atoms with Crippen molar-refractivity contribution in [1.29, 1.82) is 0 Å². The van der Waals surface area contributed by atoms with Crippen LogP contribution in [0.15, 0.2) is 42.0 Å². The molecule has 0 spiro atoms. The zero-order valence-electron chi connectivity index (χ0n) is 24.1. The summed E-state index contributed by atoms with van der Waals surface area (Å²) < 4.78 is 16.8. The van der Waals surface area contributed by atoms with Gasteiger partial charge in [0.15, 0.2) is 11.4 Å². The monoisotopic (exact) mass is 528 g/mol. The summed E-state index contributed by atoms with van der Waals surface area (Å²) in [6, 6.07) is 6.57. The molecule has 6 heteroatoms. The first-order valence-corrected chi connectivity index (χ1v) is 14.4. The second-order valence-corrected chi connectivity index (χ2v) is 9.63. The Balaban J connectivity index is 3.07. The SMILES string of the molecule is C=C(C)C(=O)c1ccc(C(OCC)=C(C(=O)OCCCCCCCC)C(=O)OCCCCCCCC)cc1. The third-order valence-corrected chi connectivity index (χ3v) is 6.18. The van der Waals surface area contributed by atoms with E-state index in [-0.39, 0.29) is 36.9 Å². The molecule has 1 rings (SSSR count). The number of carbonyl (C=O) groups excluding carboxylic acids is 3. The topological polar surface area (TPSA) is 78.9 Å². The van der Waals surface area contributed by atoms with Crippen molar-refractivity contribution in [3.8, 4) is 0 Å². The summed E-state index contributed by atoms with van der Waals surface area (Å²) in [6.45, 7) is 12.2. The highest BCUT2D eigenvalue weighted by Gasteiger charge is 2.29. The largest absolute Gasteiger partial charge is 0.492 e. The zero-order valence-corrected chi connectivity index (χ0v) is 24.1. The highest BCUT2D eigenvalue weighted by Crippen LogP contribution is 2.24. The Morgan fingerprint density at radius 2 is 1.05 bits per heavy atom. The average molecular weight is 529 g/mol. The van der Waals surface area contributed by atoms with Crippen molar-refractivity contribution in [3.05, 3.63) is 53.1 Å². The van der Waals surface area contributed by atoms with Crippen molar-refractivity contribution in [1.82, 2.24) is 0 Å². The first-order valence-electron chi connectivity index (χ1n) is 14.4. The first-order chi connectivity index (χ1) is 18.4. The maximum atomic E-state index is 13.2. The fourth-order valence-electron chi connectivity index (χ4n) is 3.97. The fourth-order valence-corrected chi connectivity index (χ4v) is 3.97. The molecule has 0 aliphatic heterocycles. The predicted molar refractivity (Wildman–Crippen MR) is 153 cm³/mol. The van der Waals surface area contributed by atoms with Crippen molar-refractivity contribution in [3.63, 3.8) is 0 Å². The molecule has 6 nitrogen and oxygen atoms in total. The van der Waals surface area contributed by atoms with E-state index in [2.05, 4.69) is 20.4 Å². The molecule has 0 saturated carbocycles. The van der Waals surface area contributed by atoms with Crippen LogP contribution in [0.4, 0.5) is 0 Å². The molecule has 0 bridgehead atoms. The van der Waals surface area contributed by atoms with Gasteiger partial charge in [-0.05, 0) is 32.3 Å². The quantitative estimate of drug-likeness (QED) is 0.0306. The number of Topliss-reactive ketones (excluding diaryl/α,β-unsaturated/α-hetero) is 1. The van der Waals surface area contributed by atoms with Crippen LogP contribution in [0.1, 0.15) is 121 Å². The summed E-state index contributed by atoms with van der Waals surface area (Å²) in [6.07, 6.45) is 12.7. The number of esters is 2. The molecular weight excluding hydrogens is 480 g/mol. The van der Waals surface area contributed by atoms with E-state index in [1.54, 1.807) is 38.1 Å². The summed E-state index contributed by atoms with van der Waals surface area (Å²) >= 11 is 0. The van der Waals surface area contributed by atoms with Gasteiger partial charge < -0.3 is 14.2 Å². The average Bonchev–Trinajstić information content (AvgIpc) is 2.91. The molecule has 0 aliphatic rings. The van der Waals surface area contributed by atoms with E-state index in [0.717, 1.165) is 38.5 Å². The van der Waals surface area contributed by atoms with Gasteiger partial charge in [-0.1, -0.05) is 109 Å². The van der Waals surface area contributed by atoms with Gasteiger partial charge in [0.25, 0.3) is 0 Å². The Kier molecular flexibility index (Phi) is 17.5. The van der Waals surface area contributed by atoms with Crippen molar-refractivity contribution >= 4 is 23.5 Å². The predicted octanol–water partition coefficient (Wildman–Crippen LogP) is 8.00. The van der Waals surface area contributed by atoms with Gasteiger partial charge in [0.1, 0.15) is 5.76 Å². The van der Waals surface area contributed by atoms with Crippen LogP contribution in [0.3, 0.4) is 0 Å². The van der Waals surface area contributed by atoms with Crippen LogP contribution in [0.2, 0.25) is 0 Å². The van der Waals surface area contributed by atoms with Crippen LogP contribution < -0.4 is 0 Å². The molecule has 1 aromatic carbocycles. The molecule has 0 aliphatic carbocycles. The van der Waals surface area contributed by atoms with Crippen molar-refractivity contribution in [2.45, 2.75) is 105 Å². The molecule has 0 unspecified atom stereocenters. The normalized spacial score (nSPS) is 10.5. The van der Waals surface area contributed by atoms with Crippen LogP contribution in [0, 0.1) is 0 Å². The Morgan fingerprint density at radius 1 is 0.632 bits per heavy atom. The second-order valence-electron chi connectivity index (χ2n) is 9.63. The summed E-state index contributed by atoms with van der Waals surface area (Å²) in [5.41, 5.74) is 1.14. The summed E-state index contributed by atoms with van der Waals surface area (Å²) in [5.74, 6) is -1.58. The molecule has 0 saturated heterocycles. The Morgan fingerprint density at radius 3 is 1.47 bits per heavy atom. The van der Waals surface area contributed by atoms with E-state index in [1.807, 2.05) is 0 Å². The lowest BCUT2D eigenvalue weighted by Crippen LogP contribution is -2.22. The molecule has 1 aromatic rings. The molecule has 0 aromatic heterocycles. The van der Waals surface area contributed by atoms with E-state index in [1.165, 1.54) is 38.5 Å². The lowest BCUT2D eigenvalue weighted by Gasteiger charge is -2.15. The number of unbranched alkanes of at least 4 members (excludes halogenated alkanes) is 10. The van der Waals surface area contributed by atoms with Gasteiger partial charge in [-0.15, -0.1) is 0 Å². The number of ketones is 1. The van der Waals surface area contributed by atoms with E-state index in [0.29, 0.717) is 16.7 Å². The summed E-state index contributed by atoms with van der Waals surface area (Å²) in [7, 11) is 0. The van der Waals surface area contributed by atoms with Gasteiger partial charge in [0.05, 0.1) is 19.8 Å². The van der Waals surface area contributed by atoms with Crippen LogP contribution in [-0.2, 0) is 23.8 Å². The van der Waals surface area contributed by atoms with Gasteiger partial charge in [-0.25, -0.2) is 9.59 Å². The molecular formula is C32H48O6. The lowest BCUT2D eigenvalue weighted by atomic mass is 10.0. The Labute approximate surface area is 229 Å². The number of ether oxygens (including phenoxy) is 3. The fraction of sp³-hybridized carbons (Fsp3) is 0.594.